The molecular weight excluding hydrogens is 350 g/mol. The summed E-state index contributed by atoms with van der Waals surface area (Å²) in [6, 6.07) is 18.3. The zero-order valence-corrected chi connectivity index (χ0v) is 16.2. The van der Waals surface area contributed by atoms with Crippen molar-refractivity contribution < 1.29 is 4.74 Å². The standard InChI is InChI=1S/C22H27N5O/c1-2-24-22(25-12-14-28-21-9-4-3-5-10-21)26-16-19-7-6-8-20(15-19)17-27-13-11-23-18-27/h3-11,13,15,18H,2,12,14,16-17H2,1H3,(H2,24,25,26). The van der Waals surface area contributed by atoms with Crippen LogP contribution in [0.25, 0.3) is 0 Å². The Kier molecular flexibility index (Phi) is 7.49. The van der Waals surface area contributed by atoms with Crippen molar-refractivity contribution >= 4 is 5.96 Å². The maximum Gasteiger partial charge on any atom is 0.191 e. The predicted molar refractivity (Wildman–Crippen MR) is 113 cm³/mol. The fraction of sp³-hybridized carbons (Fsp3) is 0.273. The fourth-order valence-electron chi connectivity index (χ4n) is 2.78. The van der Waals surface area contributed by atoms with E-state index < -0.39 is 0 Å². The van der Waals surface area contributed by atoms with Gasteiger partial charge in [0.05, 0.1) is 19.4 Å². The molecule has 2 N–H and O–H groups in total. The van der Waals surface area contributed by atoms with Gasteiger partial charge in [0.15, 0.2) is 5.96 Å². The molecular formula is C22H27N5O. The molecule has 0 aliphatic carbocycles. The van der Waals surface area contributed by atoms with E-state index >= 15 is 0 Å². The molecule has 3 aromatic rings. The van der Waals surface area contributed by atoms with Gasteiger partial charge in [0.1, 0.15) is 12.4 Å². The highest BCUT2D eigenvalue weighted by molar-refractivity contribution is 5.79. The second-order valence-corrected chi connectivity index (χ2v) is 6.34. The molecule has 1 heterocycles. The van der Waals surface area contributed by atoms with Gasteiger partial charge in [0, 0.05) is 25.5 Å². The van der Waals surface area contributed by atoms with Crippen LogP contribution in [0.3, 0.4) is 0 Å². The topological polar surface area (TPSA) is 63.5 Å². The molecule has 0 atom stereocenters. The number of imidazole rings is 1. The van der Waals surface area contributed by atoms with E-state index in [9.17, 15) is 0 Å². The quantitative estimate of drug-likeness (QED) is 0.342. The Bertz CT molecular complexity index is 846. The molecule has 6 nitrogen and oxygen atoms in total. The molecule has 0 bridgehead atoms. The number of aromatic nitrogens is 2. The smallest absolute Gasteiger partial charge is 0.191 e. The van der Waals surface area contributed by atoms with Crippen molar-refractivity contribution in [3.63, 3.8) is 0 Å². The van der Waals surface area contributed by atoms with Crippen LogP contribution in [0.2, 0.25) is 0 Å². The highest BCUT2D eigenvalue weighted by Crippen LogP contribution is 2.09. The molecule has 0 fully saturated rings. The number of guanidine groups is 1. The van der Waals surface area contributed by atoms with Gasteiger partial charge in [-0.25, -0.2) is 9.98 Å². The third-order valence-electron chi connectivity index (χ3n) is 4.09. The van der Waals surface area contributed by atoms with Gasteiger partial charge in [0.2, 0.25) is 0 Å². The summed E-state index contributed by atoms with van der Waals surface area (Å²) in [6.45, 7) is 5.56. The molecule has 146 valence electrons. The number of benzene rings is 2. The lowest BCUT2D eigenvalue weighted by molar-refractivity contribution is 0.322. The fourth-order valence-corrected chi connectivity index (χ4v) is 2.78. The maximum absolute atomic E-state index is 5.71. The molecule has 0 unspecified atom stereocenters. The lowest BCUT2D eigenvalue weighted by Crippen LogP contribution is -2.39. The van der Waals surface area contributed by atoms with Gasteiger partial charge in [-0.15, -0.1) is 0 Å². The zero-order chi connectivity index (χ0) is 19.4. The van der Waals surface area contributed by atoms with Gasteiger partial charge < -0.3 is 19.9 Å². The second kappa shape index (κ2) is 10.8. The minimum atomic E-state index is 0.578. The normalized spacial score (nSPS) is 11.2. The molecule has 0 aliphatic heterocycles. The van der Waals surface area contributed by atoms with E-state index in [1.807, 2.05) is 42.9 Å². The summed E-state index contributed by atoms with van der Waals surface area (Å²) in [7, 11) is 0. The summed E-state index contributed by atoms with van der Waals surface area (Å²) >= 11 is 0. The number of ether oxygens (including phenoxy) is 1. The summed E-state index contributed by atoms with van der Waals surface area (Å²) in [6.07, 6.45) is 5.59. The Balaban J connectivity index is 1.50. The van der Waals surface area contributed by atoms with E-state index in [1.165, 1.54) is 11.1 Å². The lowest BCUT2D eigenvalue weighted by Gasteiger charge is -2.12. The van der Waals surface area contributed by atoms with Gasteiger partial charge in [-0.2, -0.15) is 0 Å². The van der Waals surface area contributed by atoms with Crippen LogP contribution in [0, 0.1) is 0 Å². The van der Waals surface area contributed by atoms with Crippen molar-refractivity contribution in [2.45, 2.75) is 20.0 Å². The number of para-hydroxylation sites is 1. The molecule has 0 aliphatic rings. The number of hydrogen-bond donors (Lipinski definition) is 2. The van der Waals surface area contributed by atoms with Crippen LogP contribution >= 0.6 is 0 Å². The molecule has 28 heavy (non-hydrogen) atoms. The monoisotopic (exact) mass is 377 g/mol. The first kappa shape index (κ1) is 19.5. The van der Waals surface area contributed by atoms with E-state index in [-0.39, 0.29) is 0 Å². The number of nitrogens with zero attached hydrogens (tertiary/aromatic N) is 3. The van der Waals surface area contributed by atoms with Crippen molar-refractivity contribution in [1.82, 2.24) is 20.2 Å². The third-order valence-corrected chi connectivity index (χ3v) is 4.09. The largest absolute Gasteiger partial charge is 0.492 e. The van der Waals surface area contributed by atoms with Crippen molar-refractivity contribution in [1.29, 1.82) is 0 Å². The highest BCUT2D eigenvalue weighted by Gasteiger charge is 2.00. The van der Waals surface area contributed by atoms with E-state index in [0.717, 1.165) is 24.8 Å². The van der Waals surface area contributed by atoms with Gasteiger partial charge in [0.25, 0.3) is 0 Å². The summed E-state index contributed by atoms with van der Waals surface area (Å²) in [5.41, 5.74) is 2.41. The first-order valence-corrected chi connectivity index (χ1v) is 9.57. The van der Waals surface area contributed by atoms with Gasteiger partial charge in [-0.1, -0.05) is 42.5 Å². The average Bonchev–Trinajstić information content (AvgIpc) is 3.23. The first-order valence-electron chi connectivity index (χ1n) is 9.57. The van der Waals surface area contributed by atoms with Gasteiger partial charge in [-0.05, 0) is 30.2 Å². The zero-order valence-electron chi connectivity index (χ0n) is 16.2. The van der Waals surface area contributed by atoms with E-state index in [1.54, 1.807) is 6.20 Å². The summed E-state index contributed by atoms with van der Waals surface area (Å²) < 4.78 is 7.77. The Morgan fingerprint density at radius 3 is 2.71 bits per heavy atom. The highest BCUT2D eigenvalue weighted by atomic mass is 16.5. The predicted octanol–water partition coefficient (Wildman–Crippen LogP) is 3.07. The van der Waals surface area contributed by atoms with Crippen molar-refractivity contribution in [2.24, 2.45) is 4.99 Å². The van der Waals surface area contributed by atoms with Crippen molar-refractivity contribution in [2.75, 3.05) is 19.7 Å². The lowest BCUT2D eigenvalue weighted by atomic mass is 10.1. The SMILES string of the molecule is CCNC(=NCc1cccc(Cn2ccnc2)c1)NCCOc1ccccc1. The number of hydrogen-bond acceptors (Lipinski definition) is 3. The van der Waals surface area contributed by atoms with Crippen LogP contribution < -0.4 is 15.4 Å². The third kappa shape index (κ3) is 6.46. The summed E-state index contributed by atoms with van der Waals surface area (Å²) in [5, 5.41) is 6.59. The van der Waals surface area contributed by atoms with E-state index in [2.05, 4.69) is 56.4 Å². The van der Waals surface area contributed by atoms with Gasteiger partial charge >= 0.3 is 0 Å². The molecule has 0 spiro atoms. The molecule has 3 rings (SSSR count). The molecule has 0 amide bonds. The van der Waals surface area contributed by atoms with Crippen LogP contribution in [0.4, 0.5) is 0 Å². The minimum Gasteiger partial charge on any atom is -0.492 e. The van der Waals surface area contributed by atoms with Crippen molar-refractivity contribution in [3.8, 4) is 5.75 Å². The van der Waals surface area contributed by atoms with Crippen LogP contribution in [-0.4, -0.2) is 35.2 Å². The minimum absolute atomic E-state index is 0.578. The molecule has 0 saturated heterocycles. The van der Waals surface area contributed by atoms with E-state index in [0.29, 0.717) is 19.7 Å². The Morgan fingerprint density at radius 2 is 1.93 bits per heavy atom. The molecule has 1 aromatic heterocycles. The molecule has 0 saturated carbocycles. The Labute approximate surface area is 166 Å². The first-order chi connectivity index (χ1) is 13.8. The van der Waals surface area contributed by atoms with Gasteiger partial charge in [-0.3, -0.25) is 0 Å². The molecule has 6 heteroatoms. The van der Waals surface area contributed by atoms with Crippen LogP contribution in [0.5, 0.6) is 5.75 Å². The van der Waals surface area contributed by atoms with Crippen LogP contribution in [0.1, 0.15) is 18.1 Å². The van der Waals surface area contributed by atoms with Crippen molar-refractivity contribution in [3.05, 3.63) is 84.4 Å². The summed E-state index contributed by atoms with van der Waals surface area (Å²) in [4.78, 5) is 8.78. The molecule has 0 radical (unpaired) electrons. The number of nitrogens with one attached hydrogen (secondary N) is 2. The maximum atomic E-state index is 5.71. The Hall–Kier alpha value is -3.28. The molecule has 2 aromatic carbocycles. The second-order valence-electron chi connectivity index (χ2n) is 6.34. The summed E-state index contributed by atoms with van der Waals surface area (Å²) in [5.74, 6) is 1.67. The van der Waals surface area contributed by atoms with Crippen LogP contribution in [0.15, 0.2) is 78.3 Å². The Morgan fingerprint density at radius 1 is 1.07 bits per heavy atom. The number of rotatable bonds is 9. The average molecular weight is 377 g/mol. The van der Waals surface area contributed by atoms with E-state index in [4.69, 9.17) is 4.74 Å². The van der Waals surface area contributed by atoms with Crippen LogP contribution in [-0.2, 0) is 13.1 Å². The number of aliphatic imine (C=N–C) groups is 1.